The third-order valence-corrected chi connectivity index (χ3v) is 12.1. The van der Waals surface area contributed by atoms with Crippen molar-refractivity contribution in [1.82, 2.24) is 0 Å². The summed E-state index contributed by atoms with van der Waals surface area (Å²) in [6, 6.07) is 3.78. The first-order chi connectivity index (χ1) is 10.5. The molecule has 1 N–H and O–H groups in total. The van der Waals surface area contributed by atoms with Gasteiger partial charge in [0.2, 0.25) is 0 Å². The fourth-order valence-corrected chi connectivity index (χ4v) is 8.61. The summed E-state index contributed by atoms with van der Waals surface area (Å²) >= 11 is 0. The number of rotatable bonds is 7. The van der Waals surface area contributed by atoms with Gasteiger partial charge in [0.15, 0.2) is 8.32 Å². The molecule has 3 heteroatoms. The molecular weight excluding hydrogens is 288 g/mol. The Bertz CT molecular complexity index is 347. The molecule has 0 aromatic heterocycles. The summed E-state index contributed by atoms with van der Waals surface area (Å²) < 4.78 is 6.94. The van der Waals surface area contributed by atoms with Crippen molar-refractivity contribution in [2.45, 2.75) is 91.0 Å². The number of aliphatic hydroxyl groups excluding tert-OH is 1. The van der Waals surface area contributed by atoms with E-state index in [0.717, 1.165) is 5.92 Å². The van der Waals surface area contributed by atoms with Crippen molar-refractivity contribution in [3.63, 3.8) is 0 Å². The van der Waals surface area contributed by atoms with Gasteiger partial charge < -0.3 is 9.53 Å². The molecule has 0 heterocycles. The molecular formula is C19H38O2Si. The summed E-state index contributed by atoms with van der Waals surface area (Å²) in [5.41, 5.74) is 0.403. The minimum absolute atomic E-state index is 0.343. The van der Waals surface area contributed by atoms with E-state index in [-0.39, 0.29) is 0 Å². The maximum Gasteiger partial charge on any atom is 0.192 e. The van der Waals surface area contributed by atoms with E-state index in [0.29, 0.717) is 30.0 Å². The first-order valence-electron chi connectivity index (χ1n) is 9.75. The van der Waals surface area contributed by atoms with Crippen molar-refractivity contribution in [1.29, 1.82) is 0 Å². The molecule has 5 atom stereocenters. The minimum atomic E-state index is -1.50. The highest BCUT2D eigenvalue weighted by atomic mass is 28.4. The molecule has 0 saturated heterocycles. The van der Waals surface area contributed by atoms with Gasteiger partial charge in [0.25, 0.3) is 0 Å². The van der Waals surface area contributed by atoms with Crippen molar-refractivity contribution in [2.24, 2.45) is 23.2 Å². The maximum atomic E-state index is 9.64. The molecule has 0 bridgehead atoms. The zero-order valence-electron chi connectivity index (χ0n) is 15.5. The van der Waals surface area contributed by atoms with Gasteiger partial charge in [0, 0.05) is 12.7 Å². The number of hydrogen-bond donors (Lipinski definition) is 1. The van der Waals surface area contributed by atoms with E-state index in [1.807, 2.05) is 0 Å². The Labute approximate surface area is 139 Å². The SMILES string of the molecule is CC[Si](CC)(CC)O[C@@H]1CCC[C@@]2(C)[C@@H](C(C)CO)CC[C@H]12. The molecule has 22 heavy (non-hydrogen) atoms. The predicted octanol–water partition coefficient (Wildman–Crippen LogP) is 5.22. The van der Waals surface area contributed by atoms with Crippen molar-refractivity contribution < 1.29 is 9.53 Å². The first-order valence-corrected chi connectivity index (χ1v) is 12.3. The summed E-state index contributed by atoms with van der Waals surface area (Å²) in [6.45, 7) is 12.1. The van der Waals surface area contributed by atoms with E-state index < -0.39 is 8.32 Å². The third kappa shape index (κ3) is 3.18. The van der Waals surface area contributed by atoms with Crippen LogP contribution in [0.5, 0.6) is 0 Å². The summed E-state index contributed by atoms with van der Waals surface area (Å²) in [7, 11) is -1.50. The van der Waals surface area contributed by atoms with Gasteiger partial charge in [0.05, 0.1) is 0 Å². The second-order valence-corrected chi connectivity index (χ2v) is 13.0. The van der Waals surface area contributed by atoms with Gasteiger partial charge in [-0.15, -0.1) is 0 Å². The van der Waals surface area contributed by atoms with Crippen LogP contribution >= 0.6 is 0 Å². The fraction of sp³-hybridized carbons (Fsp3) is 1.00. The lowest BCUT2D eigenvalue weighted by Gasteiger charge is -2.48. The maximum absolute atomic E-state index is 9.64. The Hall–Kier alpha value is 0.137. The van der Waals surface area contributed by atoms with E-state index in [1.165, 1.54) is 50.2 Å². The van der Waals surface area contributed by atoms with Crippen molar-refractivity contribution >= 4 is 8.32 Å². The van der Waals surface area contributed by atoms with E-state index in [4.69, 9.17) is 4.43 Å². The third-order valence-electron chi connectivity index (χ3n) is 7.44. The molecule has 2 nitrogen and oxygen atoms in total. The lowest BCUT2D eigenvalue weighted by Crippen LogP contribution is -2.48. The van der Waals surface area contributed by atoms with Gasteiger partial charge in [-0.1, -0.05) is 41.0 Å². The van der Waals surface area contributed by atoms with Gasteiger partial charge in [-0.05, 0) is 67.0 Å². The van der Waals surface area contributed by atoms with Crippen molar-refractivity contribution in [3.05, 3.63) is 0 Å². The summed E-state index contributed by atoms with van der Waals surface area (Å²) in [6.07, 6.45) is 7.04. The molecule has 0 aromatic carbocycles. The van der Waals surface area contributed by atoms with Crippen LogP contribution in [-0.4, -0.2) is 26.1 Å². The van der Waals surface area contributed by atoms with Gasteiger partial charge in [-0.3, -0.25) is 0 Å². The summed E-state index contributed by atoms with van der Waals surface area (Å²) in [5.74, 6) is 1.87. The average molecular weight is 327 g/mol. The summed E-state index contributed by atoms with van der Waals surface area (Å²) in [5, 5.41) is 9.64. The van der Waals surface area contributed by atoms with Gasteiger partial charge >= 0.3 is 0 Å². The van der Waals surface area contributed by atoms with Crippen molar-refractivity contribution in [3.8, 4) is 0 Å². The van der Waals surface area contributed by atoms with Crippen LogP contribution in [0.1, 0.15) is 66.7 Å². The molecule has 2 aliphatic carbocycles. The summed E-state index contributed by atoms with van der Waals surface area (Å²) in [4.78, 5) is 0. The van der Waals surface area contributed by atoms with Crippen LogP contribution in [0.3, 0.4) is 0 Å². The van der Waals surface area contributed by atoms with E-state index >= 15 is 0 Å². The lowest BCUT2D eigenvalue weighted by atomic mass is 9.62. The molecule has 2 rings (SSSR count). The van der Waals surface area contributed by atoms with Crippen LogP contribution in [0.4, 0.5) is 0 Å². The predicted molar refractivity (Wildman–Crippen MR) is 96.5 cm³/mol. The van der Waals surface area contributed by atoms with Crippen LogP contribution in [0.25, 0.3) is 0 Å². The Morgan fingerprint density at radius 1 is 1.14 bits per heavy atom. The minimum Gasteiger partial charge on any atom is -0.414 e. The standard InChI is InChI=1S/C19H38O2Si/c1-6-22(7-2,8-3)21-18-10-9-13-19(5)16(15(4)14-20)11-12-17(18)19/h15-18,20H,6-14H2,1-5H3/t15?,16-,17-,18-,19+/m1/s1. The molecule has 0 spiro atoms. The second-order valence-electron chi connectivity index (χ2n) is 8.25. The Morgan fingerprint density at radius 2 is 1.77 bits per heavy atom. The number of aliphatic hydroxyl groups is 1. The van der Waals surface area contributed by atoms with Crippen LogP contribution in [0.15, 0.2) is 0 Å². The monoisotopic (exact) mass is 326 g/mol. The molecule has 0 aliphatic heterocycles. The molecule has 0 radical (unpaired) electrons. The van der Waals surface area contributed by atoms with Crippen molar-refractivity contribution in [2.75, 3.05) is 6.61 Å². The van der Waals surface area contributed by atoms with Crippen LogP contribution in [0.2, 0.25) is 18.1 Å². The smallest absolute Gasteiger partial charge is 0.192 e. The second kappa shape index (κ2) is 7.35. The fourth-order valence-electron chi connectivity index (χ4n) is 5.68. The van der Waals surface area contributed by atoms with Gasteiger partial charge in [-0.2, -0.15) is 0 Å². The highest BCUT2D eigenvalue weighted by molar-refractivity contribution is 6.73. The Kier molecular flexibility index (Phi) is 6.18. The first kappa shape index (κ1) is 18.5. The molecule has 0 aromatic rings. The van der Waals surface area contributed by atoms with Gasteiger partial charge in [0.1, 0.15) is 0 Å². The quantitative estimate of drug-likeness (QED) is 0.650. The number of fused-ring (bicyclic) bond motifs is 1. The Balaban J connectivity index is 2.16. The van der Waals surface area contributed by atoms with E-state index in [1.54, 1.807) is 0 Å². The van der Waals surface area contributed by atoms with E-state index in [2.05, 4.69) is 34.6 Å². The molecule has 2 saturated carbocycles. The molecule has 0 amide bonds. The normalized spacial score (nSPS) is 37.1. The Morgan fingerprint density at radius 3 is 2.32 bits per heavy atom. The zero-order valence-corrected chi connectivity index (χ0v) is 16.5. The molecule has 130 valence electrons. The molecule has 2 aliphatic rings. The highest BCUT2D eigenvalue weighted by Crippen LogP contribution is 2.58. The number of hydrogen-bond acceptors (Lipinski definition) is 2. The van der Waals surface area contributed by atoms with Crippen LogP contribution in [-0.2, 0) is 4.43 Å². The molecule has 2 fully saturated rings. The average Bonchev–Trinajstić information content (AvgIpc) is 2.90. The zero-order chi connectivity index (χ0) is 16.4. The lowest BCUT2D eigenvalue weighted by molar-refractivity contribution is -0.0251. The molecule has 1 unspecified atom stereocenters. The van der Waals surface area contributed by atoms with Gasteiger partial charge in [-0.25, -0.2) is 0 Å². The highest BCUT2D eigenvalue weighted by Gasteiger charge is 2.53. The van der Waals surface area contributed by atoms with Crippen LogP contribution < -0.4 is 0 Å². The largest absolute Gasteiger partial charge is 0.414 e. The van der Waals surface area contributed by atoms with Crippen LogP contribution in [0, 0.1) is 23.2 Å². The topological polar surface area (TPSA) is 29.5 Å². The van der Waals surface area contributed by atoms with E-state index in [9.17, 15) is 5.11 Å².